The molecule has 4 rings (SSSR count). The smallest absolute Gasteiger partial charge is 0.293 e. The van der Waals surface area contributed by atoms with Gasteiger partial charge in [-0.05, 0) is 48.4 Å². The molecule has 1 heterocycles. The fourth-order valence-corrected chi connectivity index (χ4v) is 4.82. The first kappa shape index (κ1) is 22.2. The second-order valence-corrected chi connectivity index (χ2v) is 9.05. The van der Waals surface area contributed by atoms with Gasteiger partial charge in [-0.2, -0.15) is 5.26 Å². The lowest BCUT2D eigenvalue weighted by atomic mass is 10.1. The van der Waals surface area contributed by atoms with Crippen LogP contribution in [-0.2, 0) is 17.8 Å². The average Bonchev–Trinajstić information content (AvgIpc) is 3.06. The van der Waals surface area contributed by atoms with Crippen LogP contribution in [0.15, 0.2) is 66.7 Å². The minimum Gasteiger partial charge on any atom is -0.487 e. The van der Waals surface area contributed by atoms with Crippen LogP contribution in [0.5, 0.6) is 5.75 Å². The largest absolute Gasteiger partial charge is 0.487 e. The van der Waals surface area contributed by atoms with E-state index in [2.05, 4.69) is 6.07 Å². The topological polar surface area (TPSA) is 70.4 Å². The monoisotopic (exact) mass is 482 g/mol. The molecule has 1 aliphatic heterocycles. The quantitative estimate of drug-likeness (QED) is 0.414. The van der Waals surface area contributed by atoms with Gasteiger partial charge in [0, 0.05) is 10.6 Å². The van der Waals surface area contributed by atoms with Crippen molar-refractivity contribution in [2.45, 2.75) is 18.3 Å². The summed E-state index contributed by atoms with van der Waals surface area (Å²) in [6.07, 6.45) is 0.351. The third kappa shape index (κ3) is 4.76. The number of hydrogen-bond donors (Lipinski definition) is 0. The number of rotatable bonds is 6. The molecule has 0 aromatic heterocycles. The van der Waals surface area contributed by atoms with Crippen LogP contribution in [-0.4, -0.2) is 16.4 Å². The van der Waals surface area contributed by atoms with Crippen molar-refractivity contribution in [1.82, 2.24) is 0 Å². The number of hydrogen-bond acceptors (Lipinski definition) is 5. The molecule has 1 saturated heterocycles. The molecule has 3 aromatic rings. The summed E-state index contributed by atoms with van der Waals surface area (Å²) in [5.41, 5.74) is 2.59. The van der Waals surface area contributed by atoms with E-state index in [4.69, 9.17) is 27.9 Å². The zero-order valence-electron chi connectivity index (χ0n) is 16.6. The molecule has 8 heteroatoms. The lowest BCUT2D eigenvalue weighted by molar-refractivity contribution is -0.117. The van der Waals surface area contributed by atoms with Crippen molar-refractivity contribution < 1.29 is 14.3 Å². The number of amides is 2. The van der Waals surface area contributed by atoms with Gasteiger partial charge in [0.1, 0.15) is 12.4 Å². The fourth-order valence-electron chi connectivity index (χ4n) is 3.35. The van der Waals surface area contributed by atoms with Crippen LogP contribution in [0, 0.1) is 11.3 Å². The van der Waals surface area contributed by atoms with Gasteiger partial charge in [-0.1, -0.05) is 65.3 Å². The van der Waals surface area contributed by atoms with Gasteiger partial charge < -0.3 is 4.74 Å². The number of ether oxygens (including phenoxy) is 1. The molecule has 160 valence electrons. The number of carbonyl (C=O) groups is 2. The standard InChI is InChI=1S/C24H16Cl2N2O3S/c25-18-6-3-7-19(12-18)28-23(29)22(32-24(28)30)11-15-8-9-21(20(26)10-15)31-14-17-5-2-1-4-16(17)13-27/h1-10,12,22H,11,14H2/t22-/m1/s1. The van der Waals surface area contributed by atoms with Gasteiger partial charge in [-0.15, -0.1) is 0 Å². The van der Waals surface area contributed by atoms with Crippen LogP contribution in [0.4, 0.5) is 10.5 Å². The molecule has 0 saturated carbocycles. The summed E-state index contributed by atoms with van der Waals surface area (Å²) in [4.78, 5) is 26.5. The maximum atomic E-state index is 12.9. The predicted octanol–water partition coefficient (Wildman–Crippen LogP) is 6.26. The molecule has 0 bridgehead atoms. The van der Waals surface area contributed by atoms with Gasteiger partial charge >= 0.3 is 0 Å². The highest BCUT2D eigenvalue weighted by Gasteiger charge is 2.40. The van der Waals surface area contributed by atoms with E-state index < -0.39 is 5.25 Å². The van der Waals surface area contributed by atoms with E-state index in [1.54, 1.807) is 48.5 Å². The van der Waals surface area contributed by atoms with E-state index in [1.807, 2.05) is 18.2 Å². The summed E-state index contributed by atoms with van der Waals surface area (Å²) in [6, 6.07) is 21.3. The third-order valence-corrected chi connectivity index (χ3v) is 6.49. The van der Waals surface area contributed by atoms with Gasteiger partial charge in [0.25, 0.3) is 5.24 Å². The van der Waals surface area contributed by atoms with Crippen LogP contribution in [0.25, 0.3) is 0 Å². The fraction of sp³-hybridized carbons (Fsp3) is 0.125. The SMILES string of the molecule is N#Cc1ccccc1COc1ccc(C[C@H]2SC(=O)N(c3cccc(Cl)c3)C2=O)cc1Cl. The molecule has 3 aromatic carbocycles. The van der Waals surface area contributed by atoms with Crippen molar-refractivity contribution in [3.63, 3.8) is 0 Å². The Morgan fingerprint density at radius 3 is 2.59 bits per heavy atom. The summed E-state index contributed by atoms with van der Waals surface area (Å²) >= 11 is 13.4. The predicted molar refractivity (Wildman–Crippen MR) is 126 cm³/mol. The normalized spacial score (nSPS) is 15.7. The average molecular weight is 483 g/mol. The van der Waals surface area contributed by atoms with Crippen molar-refractivity contribution in [2.24, 2.45) is 0 Å². The molecule has 0 spiro atoms. The number of nitriles is 1. The molecule has 32 heavy (non-hydrogen) atoms. The zero-order valence-corrected chi connectivity index (χ0v) is 19.0. The highest BCUT2D eigenvalue weighted by Crippen LogP contribution is 2.35. The second kappa shape index (κ2) is 9.66. The number of benzene rings is 3. The number of imide groups is 1. The first-order valence-electron chi connectivity index (χ1n) is 9.65. The minimum absolute atomic E-state index is 0.211. The van der Waals surface area contributed by atoms with E-state index in [1.165, 1.54) is 0 Å². The third-order valence-electron chi connectivity index (χ3n) is 4.93. The first-order valence-corrected chi connectivity index (χ1v) is 11.3. The minimum atomic E-state index is -0.549. The second-order valence-electron chi connectivity index (χ2n) is 7.05. The Kier molecular flexibility index (Phi) is 6.71. The molecule has 0 unspecified atom stereocenters. The Bertz CT molecular complexity index is 1240. The van der Waals surface area contributed by atoms with Gasteiger partial charge in [0.2, 0.25) is 5.91 Å². The summed E-state index contributed by atoms with van der Waals surface area (Å²) in [6.45, 7) is 0.211. The Hall–Kier alpha value is -2.98. The number of nitrogens with zero attached hydrogens (tertiary/aromatic N) is 2. The van der Waals surface area contributed by atoms with Gasteiger partial charge in [-0.25, -0.2) is 4.90 Å². The van der Waals surface area contributed by atoms with Crippen LogP contribution in [0.3, 0.4) is 0 Å². The zero-order chi connectivity index (χ0) is 22.7. The molecule has 0 aliphatic carbocycles. The number of halogens is 2. The summed E-state index contributed by atoms with van der Waals surface area (Å²) in [5.74, 6) is 0.192. The maximum absolute atomic E-state index is 12.9. The molecule has 0 N–H and O–H groups in total. The van der Waals surface area contributed by atoms with E-state index in [0.29, 0.717) is 33.5 Å². The van der Waals surface area contributed by atoms with E-state index in [9.17, 15) is 14.9 Å². The lowest BCUT2D eigenvalue weighted by Crippen LogP contribution is -2.32. The van der Waals surface area contributed by atoms with Gasteiger partial charge in [-0.3, -0.25) is 9.59 Å². The summed E-state index contributed by atoms with van der Waals surface area (Å²) < 4.78 is 5.78. The van der Waals surface area contributed by atoms with Crippen molar-refractivity contribution in [1.29, 1.82) is 5.26 Å². The van der Waals surface area contributed by atoms with Gasteiger partial charge in [0.15, 0.2) is 0 Å². The molecule has 2 amide bonds. The molecule has 1 fully saturated rings. The van der Waals surface area contributed by atoms with Crippen LogP contribution >= 0.6 is 35.0 Å². The van der Waals surface area contributed by atoms with Crippen LogP contribution in [0.2, 0.25) is 10.0 Å². The van der Waals surface area contributed by atoms with Crippen molar-refractivity contribution >= 4 is 51.8 Å². The lowest BCUT2D eigenvalue weighted by Gasteiger charge is -2.14. The Balaban J connectivity index is 1.44. The molecular formula is C24H16Cl2N2O3S. The van der Waals surface area contributed by atoms with Crippen LogP contribution in [0.1, 0.15) is 16.7 Å². The highest BCUT2D eigenvalue weighted by atomic mass is 35.5. The Morgan fingerprint density at radius 1 is 1.03 bits per heavy atom. The Morgan fingerprint density at radius 2 is 1.84 bits per heavy atom. The van der Waals surface area contributed by atoms with E-state index >= 15 is 0 Å². The first-order chi connectivity index (χ1) is 15.5. The van der Waals surface area contributed by atoms with Gasteiger partial charge in [0.05, 0.1) is 27.6 Å². The number of anilines is 1. The number of carbonyl (C=O) groups excluding carboxylic acids is 2. The van der Waals surface area contributed by atoms with E-state index in [-0.39, 0.29) is 17.8 Å². The number of thioether (sulfide) groups is 1. The van der Waals surface area contributed by atoms with E-state index in [0.717, 1.165) is 27.8 Å². The summed E-state index contributed by atoms with van der Waals surface area (Å²) in [7, 11) is 0. The molecule has 5 nitrogen and oxygen atoms in total. The molecule has 1 aliphatic rings. The van der Waals surface area contributed by atoms with Crippen molar-refractivity contribution in [3.05, 3.63) is 93.5 Å². The molecular weight excluding hydrogens is 467 g/mol. The van der Waals surface area contributed by atoms with Crippen molar-refractivity contribution in [2.75, 3.05) is 4.90 Å². The highest BCUT2D eigenvalue weighted by molar-refractivity contribution is 8.15. The Labute approximate surface area is 199 Å². The maximum Gasteiger partial charge on any atom is 0.293 e. The van der Waals surface area contributed by atoms with Crippen LogP contribution < -0.4 is 9.64 Å². The molecule has 0 radical (unpaired) electrons. The summed E-state index contributed by atoms with van der Waals surface area (Å²) in [5, 5.41) is 9.16. The molecule has 1 atom stereocenters. The van der Waals surface area contributed by atoms with Crippen molar-refractivity contribution in [3.8, 4) is 11.8 Å².